The number of nitrogens with zero attached hydrogens (tertiary/aromatic N) is 1. The van der Waals surface area contributed by atoms with Gasteiger partial charge in [0, 0.05) is 13.1 Å². The summed E-state index contributed by atoms with van der Waals surface area (Å²) in [6, 6.07) is 10.1. The topological polar surface area (TPSA) is 49.4 Å². The maximum absolute atomic E-state index is 12.6. The van der Waals surface area contributed by atoms with Gasteiger partial charge >= 0.3 is 0 Å². The van der Waals surface area contributed by atoms with Gasteiger partial charge in [-0.2, -0.15) is 0 Å². The van der Waals surface area contributed by atoms with Crippen molar-refractivity contribution < 1.29 is 9.59 Å². The molecule has 1 N–H and O–H groups in total. The van der Waals surface area contributed by atoms with Gasteiger partial charge in [0.1, 0.15) is 0 Å². The first kappa shape index (κ1) is 17.3. The molecule has 1 aliphatic heterocycles. The van der Waals surface area contributed by atoms with Gasteiger partial charge in [0.05, 0.1) is 12.0 Å². The Balaban J connectivity index is 2.01. The molecule has 0 saturated carbocycles. The Morgan fingerprint density at radius 1 is 1.35 bits per heavy atom. The monoisotopic (exact) mass is 314 g/mol. The van der Waals surface area contributed by atoms with Crippen molar-refractivity contribution in [3.05, 3.63) is 48.6 Å². The third-order valence-electron chi connectivity index (χ3n) is 4.27. The Hall–Kier alpha value is -2.10. The van der Waals surface area contributed by atoms with Gasteiger partial charge in [-0.15, -0.1) is 0 Å². The summed E-state index contributed by atoms with van der Waals surface area (Å²) in [5.74, 6) is 0.307. The minimum absolute atomic E-state index is 0.0212. The highest BCUT2D eigenvalue weighted by molar-refractivity contribution is 5.88. The highest BCUT2D eigenvalue weighted by Crippen LogP contribution is 2.23. The fourth-order valence-electron chi connectivity index (χ4n) is 3.03. The van der Waals surface area contributed by atoms with Gasteiger partial charge in [0.25, 0.3) is 0 Å². The van der Waals surface area contributed by atoms with Crippen LogP contribution in [0.4, 0.5) is 0 Å². The molecule has 124 valence electrons. The molecule has 0 bridgehead atoms. The molecular formula is C19H26N2O2. The summed E-state index contributed by atoms with van der Waals surface area (Å²) in [7, 11) is 0. The number of amides is 2. The van der Waals surface area contributed by atoms with Crippen molar-refractivity contribution in [1.82, 2.24) is 10.2 Å². The lowest BCUT2D eigenvalue weighted by Gasteiger charge is -2.23. The van der Waals surface area contributed by atoms with Crippen LogP contribution in [-0.4, -0.2) is 29.8 Å². The Labute approximate surface area is 138 Å². The molecular weight excluding hydrogens is 288 g/mol. The molecule has 4 nitrogen and oxygen atoms in total. The van der Waals surface area contributed by atoms with Gasteiger partial charge in [0.2, 0.25) is 11.8 Å². The van der Waals surface area contributed by atoms with Crippen molar-refractivity contribution in [1.29, 1.82) is 0 Å². The van der Waals surface area contributed by atoms with Gasteiger partial charge in [-0.25, -0.2) is 0 Å². The highest BCUT2D eigenvalue weighted by Gasteiger charge is 2.31. The van der Waals surface area contributed by atoms with Gasteiger partial charge in [0.15, 0.2) is 0 Å². The fraction of sp³-hybridized carbons (Fsp3) is 0.474. The molecule has 0 radical (unpaired) electrons. The van der Waals surface area contributed by atoms with Gasteiger partial charge < -0.3 is 10.2 Å². The smallest absolute Gasteiger partial charge is 0.245 e. The zero-order valence-corrected chi connectivity index (χ0v) is 14.0. The predicted molar refractivity (Wildman–Crippen MR) is 91.7 cm³/mol. The largest absolute Gasteiger partial charge is 0.349 e. The summed E-state index contributed by atoms with van der Waals surface area (Å²) in [6.45, 7) is 8.93. The van der Waals surface area contributed by atoms with E-state index in [1.54, 1.807) is 4.90 Å². The van der Waals surface area contributed by atoms with Crippen molar-refractivity contribution in [2.24, 2.45) is 11.8 Å². The summed E-state index contributed by atoms with van der Waals surface area (Å²) in [4.78, 5) is 25.9. The van der Waals surface area contributed by atoms with Crippen molar-refractivity contribution in [2.75, 3.05) is 13.1 Å². The third-order valence-corrected chi connectivity index (χ3v) is 4.27. The molecule has 0 aromatic heterocycles. The average Bonchev–Trinajstić information content (AvgIpc) is 3.04. The Bertz CT molecular complexity index is 554. The Kier molecular flexibility index (Phi) is 5.97. The molecule has 2 atom stereocenters. The molecule has 1 fully saturated rings. The number of benzene rings is 1. The quantitative estimate of drug-likeness (QED) is 0.821. The van der Waals surface area contributed by atoms with Crippen LogP contribution in [-0.2, 0) is 9.59 Å². The predicted octanol–water partition coefficient (Wildman–Crippen LogP) is 2.92. The van der Waals surface area contributed by atoms with E-state index in [1.165, 1.54) is 6.08 Å². The molecule has 0 aliphatic carbocycles. The van der Waals surface area contributed by atoms with E-state index in [0.717, 1.165) is 12.0 Å². The van der Waals surface area contributed by atoms with Crippen LogP contribution in [0.3, 0.4) is 0 Å². The SMILES string of the molecule is C=CC(=O)N1CCC(C(=O)NC(CC(C)C)c2ccccc2)C1. The lowest BCUT2D eigenvalue weighted by atomic mass is 9.96. The van der Waals surface area contributed by atoms with Crippen LogP contribution in [0.25, 0.3) is 0 Å². The summed E-state index contributed by atoms with van der Waals surface area (Å²) in [5.41, 5.74) is 1.13. The minimum atomic E-state index is -0.128. The Morgan fingerprint density at radius 2 is 2.04 bits per heavy atom. The third kappa shape index (κ3) is 4.68. The number of hydrogen-bond acceptors (Lipinski definition) is 2. The number of hydrogen-bond donors (Lipinski definition) is 1. The van der Waals surface area contributed by atoms with E-state index in [9.17, 15) is 9.59 Å². The van der Waals surface area contributed by atoms with Crippen molar-refractivity contribution in [3.63, 3.8) is 0 Å². The van der Waals surface area contributed by atoms with E-state index in [-0.39, 0.29) is 23.8 Å². The van der Waals surface area contributed by atoms with Gasteiger partial charge in [-0.05, 0) is 30.4 Å². The van der Waals surface area contributed by atoms with E-state index in [0.29, 0.717) is 25.4 Å². The molecule has 1 aromatic carbocycles. The average molecular weight is 314 g/mol. The summed E-state index contributed by atoms with van der Waals surface area (Å²) < 4.78 is 0. The number of rotatable bonds is 6. The molecule has 0 spiro atoms. The molecule has 2 amide bonds. The van der Waals surface area contributed by atoms with Crippen molar-refractivity contribution in [2.45, 2.75) is 32.7 Å². The number of carbonyl (C=O) groups is 2. The summed E-state index contributed by atoms with van der Waals surface area (Å²) in [6.07, 6.45) is 2.93. The first-order valence-corrected chi connectivity index (χ1v) is 8.28. The molecule has 1 saturated heterocycles. The van der Waals surface area contributed by atoms with Gasteiger partial charge in [-0.3, -0.25) is 9.59 Å². The fourth-order valence-corrected chi connectivity index (χ4v) is 3.03. The molecule has 23 heavy (non-hydrogen) atoms. The van der Waals surface area contributed by atoms with Crippen LogP contribution in [0, 0.1) is 11.8 Å². The number of likely N-dealkylation sites (tertiary alicyclic amines) is 1. The van der Waals surface area contributed by atoms with Crippen LogP contribution >= 0.6 is 0 Å². The van der Waals surface area contributed by atoms with Crippen LogP contribution < -0.4 is 5.32 Å². The lowest BCUT2D eigenvalue weighted by molar-refractivity contribution is -0.127. The van der Waals surface area contributed by atoms with Crippen molar-refractivity contribution in [3.8, 4) is 0 Å². The van der Waals surface area contributed by atoms with Crippen LogP contribution in [0.15, 0.2) is 43.0 Å². The Morgan fingerprint density at radius 3 is 2.65 bits per heavy atom. The van der Waals surface area contributed by atoms with E-state index in [1.807, 2.05) is 18.2 Å². The second kappa shape index (κ2) is 7.95. The standard InChI is InChI=1S/C19H26N2O2/c1-4-18(22)21-11-10-16(13-21)19(23)20-17(12-14(2)3)15-8-6-5-7-9-15/h4-9,14,16-17H,1,10-13H2,2-3H3,(H,20,23). The number of carbonyl (C=O) groups excluding carboxylic acids is 2. The summed E-state index contributed by atoms with van der Waals surface area (Å²) in [5, 5.41) is 3.18. The molecule has 2 rings (SSSR count). The molecule has 1 aliphatic rings. The van der Waals surface area contributed by atoms with Crippen molar-refractivity contribution >= 4 is 11.8 Å². The van der Waals surface area contributed by atoms with Crippen LogP contribution in [0.1, 0.15) is 38.3 Å². The second-order valence-corrected chi connectivity index (χ2v) is 6.58. The highest BCUT2D eigenvalue weighted by atomic mass is 16.2. The van der Waals surface area contributed by atoms with E-state index < -0.39 is 0 Å². The zero-order chi connectivity index (χ0) is 16.8. The lowest BCUT2D eigenvalue weighted by Crippen LogP contribution is -2.36. The van der Waals surface area contributed by atoms with E-state index >= 15 is 0 Å². The summed E-state index contributed by atoms with van der Waals surface area (Å²) >= 11 is 0. The normalized spacial score (nSPS) is 18.7. The number of nitrogens with one attached hydrogen (secondary N) is 1. The molecule has 1 aromatic rings. The first-order chi connectivity index (χ1) is 11.0. The maximum Gasteiger partial charge on any atom is 0.245 e. The van der Waals surface area contributed by atoms with E-state index in [4.69, 9.17) is 0 Å². The zero-order valence-electron chi connectivity index (χ0n) is 14.0. The molecule has 1 heterocycles. The van der Waals surface area contributed by atoms with Gasteiger partial charge in [-0.1, -0.05) is 50.8 Å². The van der Waals surface area contributed by atoms with Crippen LogP contribution in [0.5, 0.6) is 0 Å². The maximum atomic E-state index is 12.6. The minimum Gasteiger partial charge on any atom is -0.349 e. The second-order valence-electron chi connectivity index (χ2n) is 6.58. The molecule has 2 unspecified atom stereocenters. The van der Waals surface area contributed by atoms with E-state index in [2.05, 4.69) is 37.9 Å². The molecule has 4 heteroatoms. The van der Waals surface area contributed by atoms with Crippen LogP contribution in [0.2, 0.25) is 0 Å². The first-order valence-electron chi connectivity index (χ1n) is 8.28.